The quantitative estimate of drug-likeness (QED) is 0.853. The standard InChI is InChI=1S/C20H20N2O2/c23-18(21-22-19(24)17-13-20(17)11-4-12-20)16-9-7-15(8-10-16)14-5-2-1-3-6-14/h1-3,5-10,17H,4,11-13H2,(H,21,23)(H,22,24)/t17-/m1/s1. The summed E-state index contributed by atoms with van der Waals surface area (Å²) in [6.07, 6.45) is 4.50. The van der Waals surface area contributed by atoms with Gasteiger partial charge < -0.3 is 0 Å². The zero-order chi connectivity index (χ0) is 16.6. The third-order valence-corrected chi connectivity index (χ3v) is 5.41. The average molecular weight is 320 g/mol. The minimum absolute atomic E-state index is 0.0519. The third-order valence-electron chi connectivity index (χ3n) is 5.41. The van der Waals surface area contributed by atoms with E-state index in [1.807, 2.05) is 42.5 Å². The number of hydrazine groups is 1. The van der Waals surface area contributed by atoms with Crippen molar-refractivity contribution in [2.45, 2.75) is 25.7 Å². The Hall–Kier alpha value is -2.62. The molecule has 1 atom stereocenters. The molecule has 2 aromatic carbocycles. The van der Waals surface area contributed by atoms with Gasteiger partial charge in [0.1, 0.15) is 0 Å². The molecule has 2 fully saturated rings. The first kappa shape index (κ1) is 14.9. The average Bonchev–Trinajstić information content (AvgIpc) is 3.37. The van der Waals surface area contributed by atoms with Crippen LogP contribution in [0.25, 0.3) is 11.1 Å². The second-order valence-electron chi connectivity index (χ2n) is 6.86. The first-order valence-electron chi connectivity index (χ1n) is 8.44. The van der Waals surface area contributed by atoms with Crippen LogP contribution in [0, 0.1) is 11.3 Å². The Morgan fingerprint density at radius 3 is 2.12 bits per heavy atom. The maximum absolute atomic E-state index is 12.2. The van der Waals surface area contributed by atoms with Crippen LogP contribution in [0.15, 0.2) is 54.6 Å². The molecule has 2 saturated carbocycles. The molecule has 122 valence electrons. The molecule has 2 aromatic rings. The highest BCUT2D eigenvalue weighted by molar-refractivity contribution is 5.96. The summed E-state index contributed by atoms with van der Waals surface area (Å²) in [7, 11) is 0. The van der Waals surface area contributed by atoms with Crippen LogP contribution in [0.4, 0.5) is 0 Å². The van der Waals surface area contributed by atoms with Gasteiger partial charge in [-0.25, -0.2) is 0 Å². The molecule has 24 heavy (non-hydrogen) atoms. The molecule has 0 aliphatic heterocycles. The van der Waals surface area contributed by atoms with Crippen molar-refractivity contribution in [1.82, 2.24) is 10.9 Å². The summed E-state index contributed by atoms with van der Waals surface area (Å²) in [5.41, 5.74) is 8.07. The van der Waals surface area contributed by atoms with Crippen LogP contribution in [0.3, 0.4) is 0 Å². The Balaban J connectivity index is 1.34. The monoisotopic (exact) mass is 320 g/mol. The predicted octanol–water partition coefficient (Wildman–Crippen LogP) is 3.30. The van der Waals surface area contributed by atoms with E-state index >= 15 is 0 Å². The Morgan fingerprint density at radius 2 is 1.54 bits per heavy atom. The molecule has 0 saturated heterocycles. The number of hydrogen-bond donors (Lipinski definition) is 2. The molecule has 4 heteroatoms. The lowest BCUT2D eigenvalue weighted by Gasteiger charge is -2.26. The predicted molar refractivity (Wildman–Crippen MR) is 91.9 cm³/mol. The van der Waals surface area contributed by atoms with Crippen LogP contribution in [0.5, 0.6) is 0 Å². The highest BCUT2D eigenvalue weighted by atomic mass is 16.2. The van der Waals surface area contributed by atoms with E-state index in [1.54, 1.807) is 12.1 Å². The molecule has 2 aliphatic rings. The number of amides is 2. The molecule has 4 rings (SSSR count). The second kappa shape index (κ2) is 5.78. The van der Waals surface area contributed by atoms with E-state index in [2.05, 4.69) is 10.9 Å². The van der Waals surface area contributed by atoms with Crippen LogP contribution in [0.2, 0.25) is 0 Å². The van der Waals surface area contributed by atoms with Crippen LogP contribution < -0.4 is 10.9 Å². The number of carbonyl (C=O) groups is 2. The fraction of sp³-hybridized carbons (Fsp3) is 0.300. The van der Waals surface area contributed by atoms with E-state index in [9.17, 15) is 9.59 Å². The summed E-state index contributed by atoms with van der Waals surface area (Å²) < 4.78 is 0. The van der Waals surface area contributed by atoms with Crippen LogP contribution >= 0.6 is 0 Å². The molecular weight excluding hydrogens is 300 g/mol. The summed E-state index contributed by atoms with van der Waals surface area (Å²) in [6, 6.07) is 17.4. The van der Waals surface area contributed by atoms with Gasteiger partial charge in [-0.15, -0.1) is 0 Å². The van der Waals surface area contributed by atoms with E-state index < -0.39 is 0 Å². The van der Waals surface area contributed by atoms with Crippen molar-refractivity contribution in [2.24, 2.45) is 11.3 Å². The fourth-order valence-electron chi connectivity index (χ4n) is 3.62. The SMILES string of the molecule is O=C(NNC(=O)[C@H]1CC12CCC2)c1ccc(-c2ccccc2)cc1. The molecular formula is C20H20N2O2. The van der Waals surface area contributed by atoms with Gasteiger partial charge in [0.05, 0.1) is 0 Å². The van der Waals surface area contributed by atoms with Crippen LogP contribution in [-0.4, -0.2) is 11.8 Å². The van der Waals surface area contributed by atoms with Gasteiger partial charge in [0.25, 0.3) is 5.91 Å². The largest absolute Gasteiger partial charge is 0.273 e. The lowest BCUT2D eigenvalue weighted by Crippen LogP contribution is -2.43. The summed E-state index contributed by atoms with van der Waals surface area (Å²) >= 11 is 0. The van der Waals surface area contributed by atoms with E-state index in [-0.39, 0.29) is 23.1 Å². The van der Waals surface area contributed by atoms with Gasteiger partial charge in [0, 0.05) is 11.5 Å². The van der Waals surface area contributed by atoms with Gasteiger partial charge in [-0.1, -0.05) is 48.9 Å². The molecule has 2 aliphatic carbocycles. The number of carbonyl (C=O) groups excluding carboxylic acids is 2. The van der Waals surface area contributed by atoms with Crippen molar-refractivity contribution < 1.29 is 9.59 Å². The third kappa shape index (κ3) is 2.68. The lowest BCUT2D eigenvalue weighted by atomic mass is 9.80. The molecule has 2 N–H and O–H groups in total. The maximum Gasteiger partial charge on any atom is 0.269 e. The van der Waals surface area contributed by atoms with Gasteiger partial charge in [0.15, 0.2) is 0 Å². The molecule has 4 nitrogen and oxygen atoms in total. The van der Waals surface area contributed by atoms with Crippen molar-refractivity contribution in [2.75, 3.05) is 0 Å². The Labute approximate surface area is 141 Å². The smallest absolute Gasteiger partial charge is 0.269 e. The first-order valence-corrected chi connectivity index (χ1v) is 8.44. The Kier molecular flexibility index (Phi) is 3.60. The van der Waals surface area contributed by atoms with Gasteiger partial charge >= 0.3 is 0 Å². The van der Waals surface area contributed by atoms with Gasteiger partial charge in [-0.05, 0) is 47.9 Å². The number of hydrogen-bond acceptors (Lipinski definition) is 2. The molecule has 0 radical (unpaired) electrons. The highest BCUT2D eigenvalue weighted by Gasteiger charge is 2.60. The lowest BCUT2D eigenvalue weighted by molar-refractivity contribution is -0.124. The number of benzene rings is 2. The molecule has 0 unspecified atom stereocenters. The van der Waals surface area contributed by atoms with E-state index in [0.29, 0.717) is 5.56 Å². The zero-order valence-corrected chi connectivity index (χ0v) is 13.4. The Bertz CT molecular complexity index is 764. The van der Waals surface area contributed by atoms with Gasteiger partial charge in [0.2, 0.25) is 5.91 Å². The van der Waals surface area contributed by atoms with Crippen molar-refractivity contribution in [3.63, 3.8) is 0 Å². The van der Waals surface area contributed by atoms with E-state index in [1.165, 1.54) is 6.42 Å². The second-order valence-corrected chi connectivity index (χ2v) is 6.86. The first-order chi connectivity index (χ1) is 11.7. The van der Waals surface area contributed by atoms with Crippen molar-refractivity contribution in [1.29, 1.82) is 0 Å². The van der Waals surface area contributed by atoms with Crippen molar-refractivity contribution in [3.8, 4) is 11.1 Å². The minimum atomic E-state index is -0.286. The van der Waals surface area contributed by atoms with Gasteiger partial charge in [-0.3, -0.25) is 20.4 Å². The summed E-state index contributed by atoms with van der Waals surface area (Å²) in [4.78, 5) is 24.2. The van der Waals surface area contributed by atoms with Crippen LogP contribution in [-0.2, 0) is 4.79 Å². The molecule has 0 aromatic heterocycles. The maximum atomic E-state index is 12.2. The fourth-order valence-corrected chi connectivity index (χ4v) is 3.62. The summed E-state index contributed by atoms with van der Waals surface area (Å²) in [5, 5.41) is 0. The van der Waals surface area contributed by atoms with E-state index in [4.69, 9.17) is 0 Å². The normalized spacial score (nSPS) is 20.1. The molecule has 0 heterocycles. The van der Waals surface area contributed by atoms with E-state index in [0.717, 1.165) is 30.4 Å². The minimum Gasteiger partial charge on any atom is -0.273 e. The summed E-state index contributed by atoms with van der Waals surface area (Å²) in [5.74, 6) is -0.248. The summed E-state index contributed by atoms with van der Waals surface area (Å²) in [6.45, 7) is 0. The van der Waals surface area contributed by atoms with Gasteiger partial charge in [-0.2, -0.15) is 0 Å². The van der Waals surface area contributed by atoms with Crippen LogP contribution in [0.1, 0.15) is 36.0 Å². The number of rotatable bonds is 3. The zero-order valence-electron chi connectivity index (χ0n) is 13.4. The van der Waals surface area contributed by atoms with Crippen molar-refractivity contribution in [3.05, 3.63) is 60.2 Å². The van der Waals surface area contributed by atoms with Crippen molar-refractivity contribution >= 4 is 11.8 Å². The highest BCUT2D eigenvalue weighted by Crippen LogP contribution is 2.65. The molecule has 2 amide bonds. The number of nitrogens with one attached hydrogen (secondary N) is 2. The molecule has 0 bridgehead atoms. The topological polar surface area (TPSA) is 58.2 Å². The molecule has 1 spiro atoms. The Morgan fingerprint density at radius 1 is 0.875 bits per heavy atom.